The number of likely N-dealkylation sites (N-methyl/N-ethyl adjacent to an activating group) is 1. The van der Waals surface area contributed by atoms with Crippen LogP contribution in [-0.4, -0.2) is 31.0 Å². The van der Waals surface area contributed by atoms with Crippen LogP contribution >= 0.6 is 11.3 Å². The number of carbonyl (C=O) groups is 2. The highest BCUT2D eigenvalue weighted by Crippen LogP contribution is 2.23. The van der Waals surface area contributed by atoms with Gasteiger partial charge in [-0.1, -0.05) is 30.3 Å². The minimum absolute atomic E-state index is 0.0763. The molecular weight excluding hydrogens is 326 g/mol. The molecule has 0 radical (unpaired) electrons. The Balaban J connectivity index is 2.11. The standard InChI is InChI=1S/C17H21N3O3S/c1-17(16(22)23-3,12-7-5-4-6-8-12)19-10-13-11-24-15(20-13)9-14(21)18-2/h4-8,11,19H,9-10H2,1-3H3,(H,18,21). The number of hydrogen-bond acceptors (Lipinski definition) is 6. The molecule has 7 heteroatoms. The largest absolute Gasteiger partial charge is 0.467 e. The first-order chi connectivity index (χ1) is 11.5. The molecule has 0 saturated carbocycles. The second kappa shape index (κ2) is 8.03. The van der Waals surface area contributed by atoms with Gasteiger partial charge in [0, 0.05) is 19.0 Å². The molecule has 1 unspecified atom stereocenters. The van der Waals surface area contributed by atoms with E-state index in [1.807, 2.05) is 35.7 Å². The maximum absolute atomic E-state index is 12.3. The molecule has 1 aromatic heterocycles. The summed E-state index contributed by atoms with van der Waals surface area (Å²) in [5, 5.41) is 8.43. The number of thiazole rings is 1. The topological polar surface area (TPSA) is 80.3 Å². The highest BCUT2D eigenvalue weighted by atomic mass is 32.1. The van der Waals surface area contributed by atoms with Gasteiger partial charge in [-0.25, -0.2) is 9.78 Å². The third-order valence-corrected chi connectivity index (χ3v) is 4.66. The maximum Gasteiger partial charge on any atom is 0.330 e. The number of rotatable bonds is 7. The quantitative estimate of drug-likeness (QED) is 0.744. The van der Waals surface area contributed by atoms with Crippen molar-refractivity contribution in [2.75, 3.05) is 14.2 Å². The fraction of sp³-hybridized carbons (Fsp3) is 0.353. The minimum Gasteiger partial charge on any atom is -0.467 e. The SMILES string of the molecule is CNC(=O)Cc1nc(CNC(C)(C(=O)OC)c2ccccc2)cs1. The third kappa shape index (κ3) is 4.18. The van der Waals surface area contributed by atoms with Crippen molar-refractivity contribution in [2.45, 2.75) is 25.4 Å². The molecule has 0 fully saturated rings. The Morgan fingerprint density at radius 3 is 2.62 bits per heavy atom. The highest BCUT2D eigenvalue weighted by Gasteiger charge is 2.35. The van der Waals surface area contributed by atoms with Gasteiger partial charge >= 0.3 is 5.97 Å². The lowest BCUT2D eigenvalue weighted by molar-refractivity contribution is -0.148. The lowest BCUT2D eigenvalue weighted by Crippen LogP contribution is -2.47. The number of nitrogens with one attached hydrogen (secondary N) is 2. The summed E-state index contributed by atoms with van der Waals surface area (Å²) in [5.41, 5.74) is 0.628. The normalized spacial score (nSPS) is 13.1. The van der Waals surface area contributed by atoms with E-state index in [9.17, 15) is 9.59 Å². The smallest absolute Gasteiger partial charge is 0.330 e. The predicted molar refractivity (Wildman–Crippen MR) is 92.5 cm³/mol. The molecule has 0 bridgehead atoms. The summed E-state index contributed by atoms with van der Waals surface area (Å²) >= 11 is 1.43. The van der Waals surface area contributed by atoms with Crippen LogP contribution in [0.2, 0.25) is 0 Å². The summed E-state index contributed by atoms with van der Waals surface area (Å²) in [7, 11) is 2.97. The average Bonchev–Trinajstić information content (AvgIpc) is 3.06. The lowest BCUT2D eigenvalue weighted by Gasteiger charge is -2.28. The second-order valence-corrected chi connectivity index (χ2v) is 6.36. The Morgan fingerprint density at radius 1 is 1.29 bits per heavy atom. The molecule has 0 saturated heterocycles. The average molecular weight is 347 g/mol. The van der Waals surface area contributed by atoms with Crippen LogP contribution in [0.4, 0.5) is 0 Å². The molecule has 0 spiro atoms. The predicted octanol–water partition coefficient (Wildman–Crippen LogP) is 1.61. The Labute approximate surface area is 145 Å². The van der Waals surface area contributed by atoms with E-state index in [0.29, 0.717) is 6.54 Å². The summed E-state index contributed by atoms with van der Waals surface area (Å²) in [6.45, 7) is 2.18. The molecule has 6 nitrogen and oxygen atoms in total. The van der Waals surface area contributed by atoms with Crippen molar-refractivity contribution in [1.29, 1.82) is 0 Å². The van der Waals surface area contributed by atoms with Gasteiger partial charge in [-0.3, -0.25) is 10.1 Å². The maximum atomic E-state index is 12.3. The summed E-state index contributed by atoms with van der Waals surface area (Å²) in [5.74, 6) is -0.443. The number of carbonyl (C=O) groups excluding carboxylic acids is 2. The Kier molecular flexibility index (Phi) is 6.05. The van der Waals surface area contributed by atoms with Crippen molar-refractivity contribution in [3.8, 4) is 0 Å². The van der Waals surface area contributed by atoms with Gasteiger partial charge in [0.2, 0.25) is 5.91 Å². The first-order valence-corrected chi connectivity index (χ1v) is 8.40. The van der Waals surface area contributed by atoms with Crippen molar-refractivity contribution < 1.29 is 14.3 Å². The number of nitrogens with zero attached hydrogens (tertiary/aromatic N) is 1. The summed E-state index contributed by atoms with van der Waals surface area (Å²) < 4.78 is 4.96. The van der Waals surface area contributed by atoms with Crippen LogP contribution in [0, 0.1) is 0 Å². The third-order valence-electron chi connectivity index (χ3n) is 3.76. The molecule has 1 aromatic carbocycles. The Hall–Kier alpha value is -2.25. The van der Waals surface area contributed by atoms with Crippen molar-refractivity contribution in [1.82, 2.24) is 15.6 Å². The van der Waals surface area contributed by atoms with Crippen LogP contribution in [0.15, 0.2) is 35.7 Å². The highest BCUT2D eigenvalue weighted by molar-refractivity contribution is 7.09. The number of ether oxygens (including phenoxy) is 1. The van der Waals surface area contributed by atoms with Crippen molar-refractivity contribution >= 4 is 23.2 Å². The van der Waals surface area contributed by atoms with Crippen LogP contribution in [0.1, 0.15) is 23.2 Å². The van der Waals surface area contributed by atoms with Crippen LogP contribution in [0.25, 0.3) is 0 Å². The number of methoxy groups -OCH3 is 1. The van der Waals surface area contributed by atoms with Gasteiger partial charge in [-0.2, -0.15) is 0 Å². The van der Waals surface area contributed by atoms with Crippen molar-refractivity contribution in [2.24, 2.45) is 0 Å². The van der Waals surface area contributed by atoms with Gasteiger partial charge in [-0.15, -0.1) is 11.3 Å². The number of aromatic nitrogens is 1. The summed E-state index contributed by atoms with van der Waals surface area (Å²) in [6, 6.07) is 9.40. The molecule has 0 aliphatic heterocycles. The van der Waals surface area contributed by atoms with Gasteiger partial charge in [0.05, 0.1) is 19.2 Å². The zero-order valence-corrected chi connectivity index (χ0v) is 14.8. The van der Waals surface area contributed by atoms with E-state index < -0.39 is 5.54 Å². The van der Waals surface area contributed by atoms with Crippen LogP contribution in [0.3, 0.4) is 0 Å². The van der Waals surface area contributed by atoms with Crippen LogP contribution < -0.4 is 10.6 Å². The first kappa shape index (κ1) is 18.1. The molecule has 0 aliphatic carbocycles. The molecule has 2 aromatic rings. The molecule has 2 rings (SSSR count). The van der Waals surface area contributed by atoms with E-state index in [1.165, 1.54) is 18.4 Å². The fourth-order valence-electron chi connectivity index (χ4n) is 2.27. The molecule has 1 heterocycles. The van der Waals surface area contributed by atoms with Crippen molar-refractivity contribution in [3.63, 3.8) is 0 Å². The molecule has 1 amide bonds. The summed E-state index contributed by atoms with van der Waals surface area (Å²) in [6.07, 6.45) is 0.258. The zero-order valence-electron chi connectivity index (χ0n) is 14.0. The molecule has 24 heavy (non-hydrogen) atoms. The van der Waals surface area contributed by atoms with E-state index in [-0.39, 0.29) is 18.3 Å². The van der Waals surface area contributed by atoms with E-state index in [1.54, 1.807) is 14.0 Å². The number of amides is 1. The van der Waals surface area contributed by atoms with Gasteiger partial charge in [-0.05, 0) is 12.5 Å². The van der Waals surface area contributed by atoms with E-state index >= 15 is 0 Å². The molecule has 128 valence electrons. The molecule has 2 N–H and O–H groups in total. The van der Waals surface area contributed by atoms with Gasteiger partial charge in [0.25, 0.3) is 0 Å². The van der Waals surface area contributed by atoms with E-state index in [2.05, 4.69) is 15.6 Å². The molecule has 0 aliphatic rings. The number of hydrogen-bond donors (Lipinski definition) is 2. The molecule has 1 atom stereocenters. The lowest BCUT2D eigenvalue weighted by atomic mass is 9.92. The monoisotopic (exact) mass is 347 g/mol. The fourth-order valence-corrected chi connectivity index (χ4v) is 3.06. The summed E-state index contributed by atoms with van der Waals surface area (Å²) in [4.78, 5) is 28.1. The van der Waals surface area contributed by atoms with E-state index in [0.717, 1.165) is 16.3 Å². The van der Waals surface area contributed by atoms with Gasteiger partial charge in [0.1, 0.15) is 10.5 Å². The Morgan fingerprint density at radius 2 is 2.00 bits per heavy atom. The second-order valence-electron chi connectivity index (χ2n) is 5.42. The van der Waals surface area contributed by atoms with Crippen LogP contribution in [-0.2, 0) is 32.8 Å². The number of benzene rings is 1. The van der Waals surface area contributed by atoms with Crippen LogP contribution in [0.5, 0.6) is 0 Å². The minimum atomic E-state index is -0.972. The zero-order chi connectivity index (χ0) is 17.6. The Bertz CT molecular complexity index is 702. The van der Waals surface area contributed by atoms with Crippen molar-refractivity contribution in [3.05, 3.63) is 52.0 Å². The van der Waals surface area contributed by atoms with Gasteiger partial charge < -0.3 is 10.1 Å². The first-order valence-electron chi connectivity index (χ1n) is 7.52. The molecular formula is C17H21N3O3S. The van der Waals surface area contributed by atoms with E-state index in [4.69, 9.17) is 4.74 Å². The number of esters is 1. The van der Waals surface area contributed by atoms with Gasteiger partial charge in [0.15, 0.2) is 0 Å².